The zero-order valence-corrected chi connectivity index (χ0v) is 14.9. The van der Waals surface area contributed by atoms with Gasteiger partial charge in [-0.05, 0) is 43.5 Å². The highest BCUT2D eigenvalue weighted by Gasteiger charge is 2.74. The highest BCUT2D eigenvalue weighted by atomic mass is 16.2. The van der Waals surface area contributed by atoms with Gasteiger partial charge in [0.1, 0.15) is 5.41 Å². The maximum Gasteiger partial charge on any atom is 0.238 e. The zero-order chi connectivity index (χ0) is 19.4. The summed E-state index contributed by atoms with van der Waals surface area (Å²) in [6.07, 6.45) is 0.645. The number of anilines is 1. The number of benzene rings is 1. The molecule has 1 spiro atoms. The molecule has 0 radical (unpaired) electrons. The molecule has 1 aromatic rings. The van der Waals surface area contributed by atoms with Crippen LogP contribution in [0.1, 0.15) is 12.0 Å². The lowest BCUT2D eigenvalue weighted by atomic mass is 9.43. The predicted octanol–water partition coefficient (Wildman–Crippen LogP) is 1.65. The normalized spacial score (nSPS) is 33.9. The van der Waals surface area contributed by atoms with Gasteiger partial charge in [0.2, 0.25) is 11.3 Å². The molecule has 7 nitrogen and oxygen atoms in total. The lowest BCUT2D eigenvalue weighted by Gasteiger charge is -2.55. The third-order valence-corrected chi connectivity index (χ3v) is 6.59. The number of fused-ring (bicyclic) bond motifs is 4. The molecule has 2 heterocycles. The Morgan fingerprint density at radius 1 is 1.26 bits per heavy atom. The Bertz CT molecular complexity index is 965. The molecule has 0 bridgehead atoms. The van der Waals surface area contributed by atoms with Gasteiger partial charge in [-0.15, -0.1) is 0 Å². The first-order valence-corrected chi connectivity index (χ1v) is 8.88. The van der Waals surface area contributed by atoms with Crippen molar-refractivity contribution in [3.8, 4) is 18.2 Å². The minimum Gasteiger partial charge on any atom is -0.325 e. The molecule has 1 amide bonds. The molecule has 0 aromatic heterocycles. The Morgan fingerprint density at radius 2 is 1.96 bits per heavy atom. The van der Waals surface area contributed by atoms with Crippen LogP contribution in [0, 0.1) is 62.6 Å². The average Bonchev–Trinajstić information content (AvgIpc) is 2.97. The van der Waals surface area contributed by atoms with Gasteiger partial charge in [-0.3, -0.25) is 4.79 Å². The molecule has 1 unspecified atom stereocenters. The van der Waals surface area contributed by atoms with E-state index < -0.39 is 28.6 Å². The van der Waals surface area contributed by atoms with Gasteiger partial charge in [-0.2, -0.15) is 15.8 Å². The van der Waals surface area contributed by atoms with Crippen LogP contribution in [0.3, 0.4) is 0 Å². The van der Waals surface area contributed by atoms with Crippen LogP contribution in [0.5, 0.6) is 0 Å². The third-order valence-electron chi connectivity index (χ3n) is 6.59. The first-order chi connectivity index (χ1) is 13.0. The van der Waals surface area contributed by atoms with E-state index in [9.17, 15) is 20.6 Å². The van der Waals surface area contributed by atoms with Crippen LogP contribution in [-0.4, -0.2) is 36.7 Å². The minimum atomic E-state index is -2.01. The van der Waals surface area contributed by atoms with E-state index >= 15 is 0 Å². The van der Waals surface area contributed by atoms with Crippen molar-refractivity contribution in [1.82, 2.24) is 4.90 Å². The van der Waals surface area contributed by atoms with Gasteiger partial charge >= 0.3 is 0 Å². The SMILES string of the molecule is CN1CC[C@H]2C(C#N)C(=N)C(C#N)(C#N)[C@@]3(C(=O)Nc4ccccc43)[C@@H]2C1. The van der Waals surface area contributed by atoms with Gasteiger partial charge in [0.15, 0.2) is 0 Å². The number of para-hydroxylation sites is 1. The first kappa shape index (κ1) is 17.2. The van der Waals surface area contributed by atoms with E-state index in [1.807, 2.05) is 19.2 Å². The number of nitriles is 3. The van der Waals surface area contributed by atoms with Crippen molar-refractivity contribution in [1.29, 1.82) is 21.2 Å². The summed E-state index contributed by atoms with van der Waals surface area (Å²) in [5.74, 6) is -1.91. The van der Waals surface area contributed by atoms with E-state index in [-0.39, 0.29) is 11.6 Å². The molecule has 1 saturated heterocycles. The summed E-state index contributed by atoms with van der Waals surface area (Å²) in [5, 5.41) is 41.6. The van der Waals surface area contributed by atoms with Crippen LogP contribution in [0.4, 0.5) is 5.69 Å². The summed E-state index contributed by atoms with van der Waals surface area (Å²) in [6.45, 7) is 1.24. The number of carbonyl (C=O) groups is 1. The van der Waals surface area contributed by atoms with Gasteiger partial charge in [-0.25, -0.2) is 0 Å². The molecular formula is C20H18N6O. The van der Waals surface area contributed by atoms with Crippen LogP contribution < -0.4 is 5.32 Å². The number of piperidine rings is 1. The fourth-order valence-electron chi connectivity index (χ4n) is 5.43. The summed E-state index contributed by atoms with van der Waals surface area (Å²) < 4.78 is 0. The number of likely N-dealkylation sites (tertiary alicyclic amines) is 1. The van der Waals surface area contributed by atoms with E-state index in [0.29, 0.717) is 24.2 Å². The second kappa shape index (κ2) is 5.64. The number of hydrogen-bond donors (Lipinski definition) is 2. The molecule has 2 N–H and O–H groups in total. The molecule has 1 aromatic carbocycles. The van der Waals surface area contributed by atoms with Crippen molar-refractivity contribution in [2.24, 2.45) is 23.2 Å². The highest BCUT2D eigenvalue weighted by Crippen LogP contribution is 2.62. The van der Waals surface area contributed by atoms with Crippen molar-refractivity contribution < 1.29 is 4.79 Å². The predicted molar refractivity (Wildman–Crippen MR) is 96.3 cm³/mol. The van der Waals surface area contributed by atoms with E-state index in [0.717, 1.165) is 6.54 Å². The van der Waals surface area contributed by atoms with Gasteiger partial charge in [0.25, 0.3) is 0 Å². The van der Waals surface area contributed by atoms with E-state index in [2.05, 4.69) is 16.3 Å². The molecule has 2 aliphatic heterocycles. The second-order valence-electron chi connectivity index (χ2n) is 7.62. The van der Waals surface area contributed by atoms with Crippen LogP contribution >= 0.6 is 0 Å². The largest absolute Gasteiger partial charge is 0.325 e. The smallest absolute Gasteiger partial charge is 0.238 e. The topological polar surface area (TPSA) is 128 Å². The molecule has 4 rings (SSSR count). The number of amides is 1. The van der Waals surface area contributed by atoms with Gasteiger partial charge in [0.05, 0.1) is 29.8 Å². The average molecular weight is 358 g/mol. The molecule has 1 aliphatic carbocycles. The second-order valence-corrected chi connectivity index (χ2v) is 7.62. The lowest BCUT2D eigenvalue weighted by Crippen LogP contribution is -2.68. The molecule has 2 fully saturated rings. The summed E-state index contributed by atoms with van der Waals surface area (Å²) >= 11 is 0. The molecular weight excluding hydrogens is 340 g/mol. The molecule has 7 heteroatoms. The van der Waals surface area contributed by atoms with E-state index in [1.165, 1.54) is 0 Å². The van der Waals surface area contributed by atoms with Crippen LogP contribution in [0.2, 0.25) is 0 Å². The van der Waals surface area contributed by atoms with Crippen LogP contribution in [0.25, 0.3) is 0 Å². The fraction of sp³-hybridized carbons (Fsp3) is 0.450. The highest BCUT2D eigenvalue weighted by molar-refractivity contribution is 6.15. The molecule has 27 heavy (non-hydrogen) atoms. The zero-order valence-electron chi connectivity index (χ0n) is 14.9. The Morgan fingerprint density at radius 3 is 2.63 bits per heavy atom. The number of nitrogens with one attached hydrogen (secondary N) is 2. The van der Waals surface area contributed by atoms with Crippen molar-refractivity contribution in [2.75, 3.05) is 25.5 Å². The summed E-state index contributed by atoms with van der Waals surface area (Å²) in [4.78, 5) is 15.5. The maximum atomic E-state index is 13.4. The maximum absolute atomic E-state index is 13.4. The molecule has 1 saturated carbocycles. The Labute approximate surface area is 157 Å². The van der Waals surface area contributed by atoms with Crippen molar-refractivity contribution >= 4 is 17.3 Å². The third kappa shape index (κ3) is 1.81. The van der Waals surface area contributed by atoms with Gasteiger partial charge in [-0.1, -0.05) is 18.2 Å². The monoisotopic (exact) mass is 358 g/mol. The number of rotatable bonds is 0. The molecule has 4 atom stereocenters. The Balaban J connectivity index is 2.10. The number of hydrogen-bond acceptors (Lipinski definition) is 6. The summed E-state index contributed by atoms with van der Waals surface area (Å²) in [5.41, 5.74) is -2.58. The van der Waals surface area contributed by atoms with Gasteiger partial charge < -0.3 is 15.6 Å². The lowest BCUT2D eigenvalue weighted by molar-refractivity contribution is -0.128. The number of carbonyl (C=O) groups excluding carboxylic acids is 1. The summed E-state index contributed by atoms with van der Waals surface area (Å²) in [6, 6.07) is 13.3. The minimum absolute atomic E-state index is 0.243. The van der Waals surface area contributed by atoms with Gasteiger partial charge in [0, 0.05) is 12.2 Å². The first-order valence-electron chi connectivity index (χ1n) is 8.88. The van der Waals surface area contributed by atoms with Crippen molar-refractivity contribution in [3.05, 3.63) is 29.8 Å². The van der Waals surface area contributed by atoms with Crippen LogP contribution in [0.15, 0.2) is 24.3 Å². The van der Waals surface area contributed by atoms with E-state index in [1.54, 1.807) is 24.3 Å². The molecule has 134 valence electrons. The standard InChI is InChI=1S/C20H18N6O/c1-26-7-6-12-13(8-21)17(24)19(10-22,11-23)20(15(12)9-26)14-4-2-3-5-16(14)25-18(20)27/h2-5,12-13,15,24H,6-7,9H2,1H3,(H,25,27)/t12-,13?,15+,20+/m0/s1. The van der Waals surface area contributed by atoms with Crippen LogP contribution in [-0.2, 0) is 10.2 Å². The Hall–Kier alpha value is -3.21. The molecule has 3 aliphatic rings. The quantitative estimate of drug-likeness (QED) is 0.729. The van der Waals surface area contributed by atoms with Crippen molar-refractivity contribution in [3.63, 3.8) is 0 Å². The number of nitrogens with zero attached hydrogens (tertiary/aromatic N) is 4. The fourth-order valence-corrected chi connectivity index (χ4v) is 5.43. The Kier molecular flexibility index (Phi) is 3.60. The summed E-state index contributed by atoms with van der Waals surface area (Å²) in [7, 11) is 1.93. The van der Waals surface area contributed by atoms with E-state index in [4.69, 9.17) is 5.41 Å². The van der Waals surface area contributed by atoms with Crippen molar-refractivity contribution in [2.45, 2.75) is 11.8 Å².